The van der Waals surface area contributed by atoms with Gasteiger partial charge in [-0.2, -0.15) is 0 Å². The van der Waals surface area contributed by atoms with E-state index >= 15 is 0 Å². The van der Waals surface area contributed by atoms with Crippen molar-refractivity contribution in [3.63, 3.8) is 0 Å². The molecule has 0 spiro atoms. The summed E-state index contributed by atoms with van der Waals surface area (Å²) in [4.78, 5) is 23.1. The number of esters is 1. The van der Waals surface area contributed by atoms with Crippen molar-refractivity contribution in [1.82, 2.24) is 5.32 Å². The standard InChI is InChI=1S/C14H19FN2O4/c1-4-8-5-9(6-10(15)12(8)20-2)13(18)17-7-11(16)14(19)21-3/h5-6,11H,4,7,16H2,1-3H3,(H,17,18). The number of carbonyl (C=O) groups excluding carboxylic acids is 2. The maximum atomic E-state index is 13.8. The number of nitrogens with two attached hydrogens (primary N) is 1. The van der Waals surface area contributed by atoms with Crippen LogP contribution in [-0.2, 0) is 16.0 Å². The van der Waals surface area contributed by atoms with Gasteiger partial charge in [-0.3, -0.25) is 9.59 Å². The average Bonchev–Trinajstić information content (AvgIpc) is 2.50. The molecule has 0 saturated heterocycles. The quantitative estimate of drug-likeness (QED) is 0.752. The number of aryl methyl sites for hydroxylation is 1. The molecule has 0 aliphatic rings. The fraction of sp³-hybridized carbons (Fsp3) is 0.429. The van der Waals surface area contributed by atoms with Crippen LogP contribution in [0.1, 0.15) is 22.8 Å². The van der Waals surface area contributed by atoms with Crippen molar-refractivity contribution >= 4 is 11.9 Å². The maximum absolute atomic E-state index is 13.8. The molecule has 1 atom stereocenters. The Morgan fingerprint density at radius 1 is 1.38 bits per heavy atom. The molecular weight excluding hydrogens is 279 g/mol. The summed E-state index contributed by atoms with van der Waals surface area (Å²) in [5.41, 5.74) is 6.23. The third-order valence-corrected chi connectivity index (χ3v) is 2.95. The minimum Gasteiger partial charge on any atom is -0.493 e. The molecule has 1 aromatic carbocycles. The second kappa shape index (κ2) is 7.58. The van der Waals surface area contributed by atoms with E-state index in [4.69, 9.17) is 10.5 Å². The summed E-state index contributed by atoms with van der Waals surface area (Å²) in [6.07, 6.45) is 0.517. The van der Waals surface area contributed by atoms with E-state index in [1.165, 1.54) is 14.2 Å². The number of carbonyl (C=O) groups is 2. The molecular formula is C14H19FN2O4. The maximum Gasteiger partial charge on any atom is 0.324 e. The van der Waals surface area contributed by atoms with Crippen LogP contribution in [0.4, 0.5) is 4.39 Å². The summed E-state index contributed by atoms with van der Waals surface area (Å²) < 4.78 is 23.2. The predicted octanol–water partition coefficient (Wildman–Crippen LogP) is 0.627. The summed E-state index contributed by atoms with van der Waals surface area (Å²) in [6.45, 7) is 1.73. The Hall–Kier alpha value is -2.15. The Morgan fingerprint density at radius 3 is 2.57 bits per heavy atom. The number of hydrogen-bond donors (Lipinski definition) is 2. The highest BCUT2D eigenvalue weighted by Gasteiger charge is 2.18. The molecule has 21 heavy (non-hydrogen) atoms. The first-order chi connectivity index (χ1) is 9.94. The van der Waals surface area contributed by atoms with Gasteiger partial charge in [-0.05, 0) is 24.1 Å². The number of benzene rings is 1. The number of nitrogens with one attached hydrogen (secondary N) is 1. The molecule has 0 heterocycles. The number of hydrogen-bond acceptors (Lipinski definition) is 5. The second-order valence-electron chi connectivity index (χ2n) is 4.34. The van der Waals surface area contributed by atoms with E-state index in [0.717, 1.165) is 6.07 Å². The molecule has 1 unspecified atom stereocenters. The third-order valence-electron chi connectivity index (χ3n) is 2.95. The molecule has 1 rings (SSSR count). The molecule has 0 bridgehead atoms. The lowest BCUT2D eigenvalue weighted by atomic mass is 10.1. The van der Waals surface area contributed by atoms with E-state index in [9.17, 15) is 14.0 Å². The molecule has 0 aromatic heterocycles. The van der Waals surface area contributed by atoms with Gasteiger partial charge >= 0.3 is 5.97 Å². The lowest BCUT2D eigenvalue weighted by Crippen LogP contribution is -2.43. The zero-order valence-electron chi connectivity index (χ0n) is 12.2. The molecule has 0 aliphatic carbocycles. The molecule has 0 fully saturated rings. The van der Waals surface area contributed by atoms with E-state index in [1.807, 2.05) is 6.92 Å². The Balaban J connectivity index is 2.84. The normalized spacial score (nSPS) is 11.7. The molecule has 0 aliphatic heterocycles. The predicted molar refractivity (Wildman–Crippen MR) is 74.7 cm³/mol. The van der Waals surface area contributed by atoms with Crippen LogP contribution in [-0.4, -0.2) is 38.7 Å². The minimum absolute atomic E-state index is 0.0966. The van der Waals surface area contributed by atoms with Gasteiger partial charge in [0.25, 0.3) is 5.91 Å². The van der Waals surface area contributed by atoms with E-state index in [1.54, 1.807) is 6.07 Å². The first kappa shape index (κ1) is 16.9. The lowest BCUT2D eigenvalue weighted by molar-refractivity contribution is -0.141. The monoisotopic (exact) mass is 298 g/mol. The van der Waals surface area contributed by atoms with Crippen molar-refractivity contribution < 1.29 is 23.5 Å². The van der Waals surface area contributed by atoms with Crippen molar-refractivity contribution in [2.75, 3.05) is 20.8 Å². The van der Waals surface area contributed by atoms with Crippen LogP contribution in [0.3, 0.4) is 0 Å². The summed E-state index contributed by atoms with van der Waals surface area (Å²) >= 11 is 0. The van der Waals surface area contributed by atoms with Crippen molar-refractivity contribution in [3.05, 3.63) is 29.1 Å². The Labute approximate surface area is 122 Å². The zero-order chi connectivity index (χ0) is 16.0. The van der Waals surface area contributed by atoms with Gasteiger partial charge in [0.15, 0.2) is 11.6 Å². The molecule has 1 aromatic rings. The molecule has 116 valence electrons. The van der Waals surface area contributed by atoms with Gasteiger partial charge in [0.2, 0.25) is 0 Å². The summed E-state index contributed by atoms with van der Waals surface area (Å²) in [6, 6.07) is 1.66. The molecule has 3 N–H and O–H groups in total. The topological polar surface area (TPSA) is 90.7 Å². The van der Waals surface area contributed by atoms with Gasteiger partial charge in [-0.25, -0.2) is 4.39 Å². The summed E-state index contributed by atoms with van der Waals surface area (Å²) in [7, 11) is 2.57. The van der Waals surface area contributed by atoms with Crippen LogP contribution in [0.15, 0.2) is 12.1 Å². The summed E-state index contributed by atoms with van der Waals surface area (Å²) in [5, 5.41) is 2.46. The smallest absolute Gasteiger partial charge is 0.324 e. The number of ether oxygens (including phenoxy) is 2. The van der Waals surface area contributed by atoms with Gasteiger partial charge in [0, 0.05) is 12.1 Å². The molecule has 0 radical (unpaired) electrons. The largest absolute Gasteiger partial charge is 0.493 e. The fourth-order valence-electron chi connectivity index (χ4n) is 1.81. The van der Waals surface area contributed by atoms with Crippen molar-refractivity contribution in [2.24, 2.45) is 5.73 Å². The van der Waals surface area contributed by atoms with Gasteiger partial charge in [-0.15, -0.1) is 0 Å². The molecule has 7 heteroatoms. The highest BCUT2D eigenvalue weighted by molar-refractivity contribution is 5.95. The van der Waals surface area contributed by atoms with Gasteiger partial charge in [0.1, 0.15) is 6.04 Å². The lowest BCUT2D eigenvalue weighted by Gasteiger charge is -2.13. The van der Waals surface area contributed by atoms with Crippen LogP contribution >= 0.6 is 0 Å². The molecule has 0 saturated carbocycles. The molecule has 6 nitrogen and oxygen atoms in total. The Morgan fingerprint density at radius 2 is 2.05 bits per heavy atom. The van der Waals surface area contributed by atoms with Crippen molar-refractivity contribution in [1.29, 1.82) is 0 Å². The van der Waals surface area contributed by atoms with Gasteiger partial charge < -0.3 is 20.5 Å². The highest BCUT2D eigenvalue weighted by Crippen LogP contribution is 2.24. The van der Waals surface area contributed by atoms with Gasteiger partial charge in [0.05, 0.1) is 14.2 Å². The van der Waals surface area contributed by atoms with Crippen LogP contribution in [0.5, 0.6) is 5.75 Å². The number of rotatable bonds is 6. The SMILES string of the molecule is CCc1cc(C(=O)NCC(N)C(=O)OC)cc(F)c1OC. The Bertz CT molecular complexity index is 534. The van der Waals surface area contributed by atoms with E-state index in [2.05, 4.69) is 10.1 Å². The molecule has 1 amide bonds. The van der Waals surface area contributed by atoms with Crippen LogP contribution in [0.2, 0.25) is 0 Å². The van der Waals surface area contributed by atoms with E-state index in [-0.39, 0.29) is 17.9 Å². The van der Waals surface area contributed by atoms with E-state index in [0.29, 0.717) is 12.0 Å². The number of halogens is 1. The van der Waals surface area contributed by atoms with E-state index < -0.39 is 23.7 Å². The van der Waals surface area contributed by atoms with Crippen molar-refractivity contribution in [3.8, 4) is 5.75 Å². The van der Waals surface area contributed by atoms with Gasteiger partial charge in [-0.1, -0.05) is 6.92 Å². The second-order valence-corrected chi connectivity index (χ2v) is 4.34. The van der Waals surface area contributed by atoms with Crippen molar-refractivity contribution in [2.45, 2.75) is 19.4 Å². The van der Waals surface area contributed by atoms with Crippen LogP contribution in [0, 0.1) is 5.82 Å². The first-order valence-electron chi connectivity index (χ1n) is 6.42. The average molecular weight is 298 g/mol. The highest BCUT2D eigenvalue weighted by atomic mass is 19.1. The van der Waals surface area contributed by atoms with Crippen LogP contribution < -0.4 is 15.8 Å². The zero-order valence-corrected chi connectivity index (χ0v) is 12.2. The number of amides is 1. The minimum atomic E-state index is -0.965. The summed E-state index contributed by atoms with van der Waals surface area (Å²) in [5.74, 6) is -1.64. The number of methoxy groups -OCH3 is 2. The first-order valence-corrected chi connectivity index (χ1v) is 6.42. The van der Waals surface area contributed by atoms with Crippen LogP contribution in [0.25, 0.3) is 0 Å². The fourth-order valence-corrected chi connectivity index (χ4v) is 1.81. The Kier molecular flexibility index (Phi) is 6.10. The third kappa shape index (κ3) is 4.16.